The topological polar surface area (TPSA) is 78.9 Å². The van der Waals surface area contributed by atoms with E-state index in [1.807, 2.05) is 0 Å². The molecule has 438 valence electrons. The van der Waals surface area contributed by atoms with E-state index in [-0.39, 0.29) is 31.1 Å². The quantitative estimate of drug-likeness (QED) is 0.0261. The van der Waals surface area contributed by atoms with E-state index in [0.29, 0.717) is 19.3 Å². The van der Waals surface area contributed by atoms with Crippen LogP contribution in [0.15, 0.2) is 48.6 Å². The summed E-state index contributed by atoms with van der Waals surface area (Å²) in [5, 5.41) is 0. The highest BCUT2D eigenvalue weighted by Gasteiger charge is 2.19. The standard InChI is InChI=1S/C69H126O6/c1-4-7-10-13-16-19-22-25-27-28-29-30-31-32-33-34-35-36-37-38-39-40-42-44-47-50-53-56-59-62-68(71)74-65-66(64-73-67(70)61-58-55-52-49-46-43-24-21-18-15-12-9-6-3)75-69(72)63-60-57-54-51-48-45-41-26-23-20-17-14-11-8-5-2/h21-22,24-26,28-29,41,66H,4-20,23,27,30-40,42-65H2,1-3H3/b24-21-,25-22-,29-28-,41-26-. The molecule has 0 aliphatic rings. The lowest BCUT2D eigenvalue weighted by Gasteiger charge is -2.18. The molecule has 0 saturated carbocycles. The fourth-order valence-electron chi connectivity index (χ4n) is 9.76. The summed E-state index contributed by atoms with van der Waals surface area (Å²) in [5.74, 6) is -0.874. The molecule has 0 saturated heterocycles. The van der Waals surface area contributed by atoms with Gasteiger partial charge in [0.05, 0.1) is 0 Å². The molecule has 0 aromatic heterocycles. The molecule has 6 nitrogen and oxygen atoms in total. The van der Waals surface area contributed by atoms with Gasteiger partial charge in [0, 0.05) is 19.3 Å². The average molecular weight is 1050 g/mol. The highest BCUT2D eigenvalue weighted by molar-refractivity contribution is 5.71. The Labute approximate surface area is 467 Å². The Kier molecular flexibility index (Phi) is 61.7. The summed E-state index contributed by atoms with van der Waals surface area (Å²) in [5.41, 5.74) is 0. The van der Waals surface area contributed by atoms with Gasteiger partial charge in [-0.15, -0.1) is 0 Å². The number of rotatable bonds is 61. The van der Waals surface area contributed by atoms with E-state index in [2.05, 4.69) is 69.4 Å². The monoisotopic (exact) mass is 1050 g/mol. The smallest absolute Gasteiger partial charge is 0.306 e. The Balaban J connectivity index is 4.18. The molecule has 6 heteroatoms. The SMILES string of the molecule is CCCCCC/C=C\CCCCCCCC(=O)OCC(COC(=O)CCCCCCCCCCCCCCCCCCC/C=C\C/C=C\CCCCCCC)OC(=O)CCCCCCC/C=C\CCCCCCCC. The molecule has 0 radical (unpaired) electrons. The number of carbonyl (C=O) groups excluding carboxylic acids is 3. The van der Waals surface area contributed by atoms with Crippen molar-refractivity contribution >= 4 is 17.9 Å². The van der Waals surface area contributed by atoms with E-state index in [9.17, 15) is 14.4 Å². The molecule has 0 aliphatic heterocycles. The van der Waals surface area contributed by atoms with E-state index in [4.69, 9.17) is 14.2 Å². The number of hydrogen-bond acceptors (Lipinski definition) is 6. The van der Waals surface area contributed by atoms with E-state index in [0.717, 1.165) is 77.0 Å². The van der Waals surface area contributed by atoms with Gasteiger partial charge in [0.1, 0.15) is 13.2 Å². The van der Waals surface area contributed by atoms with Crippen LogP contribution in [0.5, 0.6) is 0 Å². The minimum Gasteiger partial charge on any atom is -0.462 e. The van der Waals surface area contributed by atoms with Gasteiger partial charge in [-0.1, -0.05) is 281 Å². The van der Waals surface area contributed by atoms with E-state index in [1.165, 1.54) is 238 Å². The maximum Gasteiger partial charge on any atom is 0.306 e. The Morgan fingerprint density at radius 2 is 0.480 bits per heavy atom. The maximum atomic E-state index is 12.9. The first-order valence-corrected chi connectivity index (χ1v) is 33.1. The predicted octanol–water partition coefficient (Wildman–Crippen LogP) is 22.6. The molecule has 0 amide bonds. The average Bonchev–Trinajstić information content (AvgIpc) is 3.41. The molecule has 0 heterocycles. The van der Waals surface area contributed by atoms with Crippen LogP contribution >= 0.6 is 0 Å². The van der Waals surface area contributed by atoms with Gasteiger partial charge in [-0.05, 0) is 103 Å². The van der Waals surface area contributed by atoms with Crippen molar-refractivity contribution < 1.29 is 28.6 Å². The van der Waals surface area contributed by atoms with Crippen LogP contribution in [-0.2, 0) is 28.6 Å². The van der Waals surface area contributed by atoms with Crippen molar-refractivity contribution in [2.75, 3.05) is 13.2 Å². The van der Waals surface area contributed by atoms with Crippen molar-refractivity contribution in [3.63, 3.8) is 0 Å². The summed E-state index contributed by atoms with van der Waals surface area (Å²) < 4.78 is 16.9. The van der Waals surface area contributed by atoms with Crippen LogP contribution in [0.1, 0.15) is 355 Å². The Morgan fingerprint density at radius 1 is 0.267 bits per heavy atom. The van der Waals surface area contributed by atoms with Crippen LogP contribution < -0.4 is 0 Å². The first-order chi connectivity index (χ1) is 37.0. The third-order valence-corrected chi connectivity index (χ3v) is 14.8. The maximum absolute atomic E-state index is 12.9. The third kappa shape index (κ3) is 62.1. The molecule has 0 N–H and O–H groups in total. The van der Waals surface area contributed by atoms with Crippen molar-refractivity contribution in [2.24, 2.45) is 0 Å². The van der Waals surface area contributed by atoms with E-state index in [1.54, 1.807) is 0 Å². The second kappa shape index (κ2) is 63.9. The molecular formula is C69H126O6. The van der Waals surface area contributed by atoms with Gasteiger partial charge in [-0.2, -0.15) is 0 Å². The molecule has 0 fully saturated rings. The fourth-order valence-corrected chi connectivity index (χ4v) is 9.76. The van der Waals surface area contributed by atoms with Crippen molar-refractivity contribution in [1.82, 2.24) is 0 Å². The first-order valence-electron chi connectivity index (χ1n) is 33.1. The van der Waals surface area contributed by atoms with Crippen molar-refractivity contribution in [3.05, 3.63) is 48.6 Å². The van der Waals surface area contributed by atoms with Gasteiger partial charge in [0.2, 0.25) is 0 Å². The van der Waals surface area contributed by atoms with Gasteiger partial charge in [-0.3, -0.25) is 14.4 Å². The van der Waals surface area contributed by atoms with Crippen molar-refractivity contribution in [3.8, 4) is 0 Å². The minimum atomic E-state index is -0.779. The minimum absolute atomic E-state index is 0.0757. The molecule has 75 heavy (non-hydrogen) atoms. The van der Waals surface area contributed by atoms with Gasteiger partial charge < -0.3 is 14.2 Å². The lowest BCUT2D eigenvalue weighted by molar-refractivity contribution is -0.167. The van der Waals surface area contributed by atoms with E-state index < -0.39 is 6.10 Å². The Hall–Kier alpha value is -2.63. The van der Waals surface area contributed by atoms with Crippen LogP contribution in [-0.4, -0.2) is 37.2 Å². The van der Waals surface area contributed by atoms with Crippen molar-refractivity contribution in [2.45, 2.75) is 361 Å². The van der Waals surface area contributed by atoms with Gasteiger partial charge in [0.25, 0.3) is 0 Å². The zero-order valence-corrected chi connectivity index (χ0v) is 50.3. The molecule has 0 aromatic rings. The number of ether oxygens (including phenoxy) is 3. The van der Waals surface area contributed by atoms with Gasteiger partial charge in [-0.25, -0.2) is 0 Å². The molecule has 0 rings (SSSR count). The Morgan fingerprint density at radius 3 is 0.760 bits per heavy atom. The summed E-state index contributed by atoms with van der Waals surface area (Å²) in [7, 11) is 0. The second-order valence-corrected chi connectivity index (χ2v) is 22.4. The molecule has 0 aliphatic carbocycles. The predicted molar refractivity (Wildman–Crippen MR) is 325 cm³/mol. The van der Waals surface area contributed by atoms with Crippen LogP contribution in [0.4, 0.5) is 0 Å². The highest BCUT2D eigenvalue weighted by Crippen LogP contribution is 2.17. The number of esters is 3. The van der Waals surface area contributed by atoms with Crippen LogP contribution in [0.25, 0.3) is 0 Å². The molecule has 1 atom stereocenters. The zero-order chi connectivity index (χ0) is 54.3. The molecule has 0 bridgehead atoms. The van der Waals surface area contributed by atoms with Crippen molar-refractivity contribution in [1.29, 1.82) is 0 Å². The molecule has 0 aromatic carbocycles. The summed E-state index contributed by atoms with van der Waals surface area (Å²) in [6.45, 7) is 6.64. The van der Waals surface area contributed by atoms with Crippen LogP contribution in [0.3, 0.4) is 0 Å². The number of unbranched alkanes of at least 4 members (excludes halogenated alkanes) is 42. The molecule has 1 unspecified atom stereocenters. The van der Waals surface area contributed by atoms with Crippen LogP contribution in [0.2, 0.25) is 0 Å². The van der Waals surface area contributed by atoms with E-state index >= 15 is 0 Å². The summed E-state index contributed by atoms with van der Waals surface area (Å²) in [6, 6.07) is 0. The summed E-state index contributed by atoms with van der Waals surface area (Å²) >= 11 is 0. The third-order valence-electron chi connectivity index (χ3n) is 14.8. The molecule has 0 spiro atoms. The zero-order valence-electron chi connectivity index (χ0n) is 50.3. The van der Waals surface area contributed by atoms with Crippen LogP contribution in [0, 0.1) is 0 Å². The van der Waals surface area contributed by atoms with Gasteiger partial charge >= 0.3 is 17.9 Å². The second-order valence-electron chi connectivity index (χ2n) is 22.4. The lowest BCUT2D eigenvalue weighted by Crippen LogP contribution is -2.30. The lowest BCUT2D eigenvalue weighted by atomic mass is 10.0. The molecular weight excluding hydrogens is 925 g/mol. The number of carbonyl (C=O) groups is 3. The fraction of sp³-hybridized carbons (Fsp3) is 0.841. The van der Waals surface area contributed by atoms with Gasteiger partial charge in [0.15, 0.2) is 6.10 Å². The highest BCUT2D eigenvalue weighted by atomic mass is 16.6. The largest absolute Gasteiger partial charge is 0.462 e. The number of hydrogen-bond donors (Lipinski definition) is 0. The normalized spacial score (nSPS) is 12.3. The summed E-state index contributed by atoms with van der Waals surface area (Å²) in [4.78, 5) is 38.3. The first kappa shape index (κ1) is 72.4. The summed E-state index contributed by atoms with van der Waals surface area (Å²) in [6.07, 6.45) is 79.9. The number of allylic oxidation sites excluding steroid dienone is 8. The Bertz CT molecular complexity index is 1300.